The van der Waals surface area contributed by atoms with Gasteiger partial charge in [0.2, 0.25) is 0 Å². The Labute approximate surface area is 106 Å². The highest BCUT2D eigenvalue weighted by molar-refractivity contribution is 5.21. The van der Waals surface area contributed by atoms with E-state index in [0.29, 0.717) is 5.56 Å². The lowest BCUT2D eigenvalue weighted by atomic mass is 10.0. The van der Waals surface area contributed by atoms with Gasteiger partial charge in [-0.3, -0.25) is 4.90 Å². The molecule has 1 N–H and O–H groups in total. The van der Waals surface area contributed by atoms with Crippen molar-refractivity contribution in [2.75, 3.05) is 39.8 Å². The Morgan fingerprint density at radius 2 is 1.83 bits per heavy atom. The molecule has 1 atom stereocenters. The van der Waals surface area contributed by atoms with Gasteiger partial charge >= 0.3 is 0 Å². The molecule has 0 aliphatic carbocycles. The van der Waals surface area contributed by atoms with E-state index < -0.39 is 11.6 Å². The van der Waals surface area contributed by atoms with Gasteiger partial charge < -0.3 is 10.0 Å². The molecule has 1 fully saturated rings. The Hall–Kier alpha value is -1.04. The van der Waals surface area contributed by atoms with Gasteiger partial charge in [0.1, 0.15) is 0 Å². The van der Waals surface area contributed by atoms with Crippen molar-refractivity contribution in [2.45, 2.75) is 6.04 Å². The van der Waals surface area contributed by atoms with Crippen molar-refractivity contribution < 1.29 is 13.9 Å². The van der Waals surface area contributed by atoms with Crippen molar-refractivity contribution in [3.63, 3.8) is 0 Å². The van der Waals surface area contributed by atoms with E-state index in [9.17, 15) is 13.9 Å². The molecule has 0 saturated carbocycles. The fourth-order valence-electron chi connectivity index (χ4n) is 2.28. The number of halogens is 2. The first-order chi connectivity index (χ1) is 8.61. The highest BCUT2D eigenvalue weighted by Crippen LogP contribution is 2.23. The van der Waals surface area contributed by atoms with Crippen molar-refractivity contribution in [2.24, 2.45) is 0 Å². The molecule has 1 aliphatic rings. The van der Waals surface area contributed by atoms with Crippen molar-refractivity contribution in [3.05, 3.63) is 35.4 Å². The smallest absolute Gasteiger partial charge is 0.159 e. The first kappa shape index (κ1) is 13.4. The van der Waals surface area contributed by atoms with Crippen LogP contribution in [0.4, 0.5) is 8.78 Å². The summed E-state index contributed by atoms with van der Waals surface area (Å²) in [5.41, 5.74) is 0.626. The van der Waals surface area contributed by atoms with Crippen LogP contribution in [0.15, 0.2) is 18.2 Å². The molecule has 1 unspecified atom stereocenters. The predicted molar refractivity (Wildman–Crippen MR) is 65.3 cm³/mol. The van der Waals surface area contributed by atoms with Crippen molar-refractivity contribution in [1.82, 2.24) is 9.80 Å². The number of rotatable bonds is 3. The molecule has 1 aliphatic heterocycles. The largest absolute Gasteiger partial charge is 0.394 e. The van der Waals surface area contributed by atoms with Gasteiger partial charge in [-0.25, -0.2) is 8.78 Å². The molecular weight excluding hydrogens is 238 g/mol. The fourth-order valence-corrected chi connectivity index (χ4v) is 2.28. The van der Waals surface area contributed by atoms with Crippen molar-refractivity contribution in [1.29, 1.82) is 0 Å². The minimum absolute atomic E-state index is 0.0885. The number of piperazine rings is 1. The number of hydrogen-bond donors (Lipinski definition) is 1. The van der Waals surface area contributed by atoms with Crippen LogP contribution in [0.5, 0.6) is 0 Å². The van der Waals surface area contributed by atoms with Gasteiger partial charge in [-0.1, -0.05) is 6.07 Å². The van der Waals surface area contributed by atoms with Gasteiger partial charge in [-0.15, -0.1) is 0 Å². The van der Waals surface area contributed by atoms with Crippen molar-refractivity contribution >= 4 is 0 Å². The summed E-state index contributed by atoms with van der Waals surface area (Å²) in [6, 6.07) is 3.57. The normalized spacial score (nSPS) is 20.0. The number of likely N-dealkylation sites (N-methyl/N-ethyl adjacent to an activating group) is 1. The third-order valence-corrected chi connectivity index (χ3v) is 3.48. The van der Waals surface area contributed by atoms with Gasteiger partial charge in [-0.05, 0) is 24.7 Å². The van der Waals surface area contributed by atoms with Gasteiger partial charge in [0.05, 0.1) is 12.6 Å². The average Bonchev–Trinajstić information content (AvgIpc) is 2.37. The second-order valence-corrected chi connectivity index (χ2v) is 4.71. The van der Waals surface area contributed by atoms with Crippen LogP contribution in [0.1, 0.15) is 11.6 Å². The second-order valence-electron chi connectivity index (χ2n) is 4.71. The monoisotopic (exact) mass is 256 g/mol. The molecule has 2 rings (SSSR count). The van der Waals surface area contributed by atoms with Gasteiger partial charge in [0.15, 0.2) is 11.6 Å². The SMILES string of the molecule is CN1CCN(C(CO)c2ccc(F)c(F)c2)CC1. The van der Waals surface area contributed by atoms with Crippen LogP contribution in [0.2, 0.25) is 0 Å². The molecular formula is C13H18F2N2O. The van der Waals surface area contributed by atoms with Crippen LogP contribution in [0.25, 0.3) is 0 Å². The molecule has 1 heterocycles. The zero-order chi connectivity index (χ0) is 13.1. The summed E-state index contributed by atoms with van der Waals surface area (Å²) < 4.78 is 26.1. The van der Waals surface area contributed by atoms with Gasteiger partial charge in [0, 0.05) is 26.2 Å². The minimum Gasteiger partial charge on any atom is -0.394 e. The lowest BCUT2D eigenvalue weighted by molar-refractivity contribution is 0.0746. The maximum atomic E-state index is 13.2. The first-order valence-corrected chi connectivity index (χ1v) is 6.10. The summed E-state index contributed by atoms with van der Waals surface area (Å²) in [5, 5.41) is 9.49. The van der Waals surface area contributed by atoms with Crippen molar-refractivity contribution in [3.8, 4) is 0 Å². The van der Waals surface area contributed by atoms with E-state index in [0.717, 1.165) is 32.2 Å². The molecule has 18 heavy (non-hydrogen) atoms. The molecule has 3 nitrogen and oxygen atoms in total. The molecule has 1 saturated heterocycles. The summed E-state index contributed by atoms with van der Waals surface area (Å²) >= 11 is 0. The van der Waals surface area contributed by atoms with Crippen LogP contribution in [0.3, 0.4) is 0 Å². The first-order valence-electron chi connectivity index (χ1n) is 6.10. The molecule has 0 radical (unpaired) electrons. The Balaban J connectivity index is 2.14. The molecule has 5 heteroatoms. The lowest BCUT2D eigenvalue weighted by Gasteiger charge is -2.37. The van der Waals surface area contributed by atoms with E-state index in [1.165, 1.54) is 12.1 Å². The number of hydrogen-bond acceptors (Lipinski definition) is 3. The summed E-state index contributed by atoms with van der Waals surface area (Å²) in [7, 11) is 2.04. The van der Waals surface area contributed by atoms with Gasteiger partial charge in [-0.2, -0.15) is 0 Å². The predicted octanol–water partition coefficient (Wildman–Crippen LogP) is 1.25. The molecule has 0 aromatic heterocycles. The summed E-state index contributed by atoms with van der Waals surface area (Å²) in [6.45, 7) is 3.39. The molecule has 100 valence electrons. The van der Waals surface area contributed by atoms with Crippen LogP contribution >= 0.6 is 0 Å². The highest BCUT2D eigenvalue weighted by Gasteiger charge is 2.23. The third-order valence-electron chi connectivity index (χ3n) is 3.48. The Morgan fingerprint density at radius 3 is 2.39 bits per heavy atom. The maximum Gasteiger partial charge on any atom is 0.159 e. The number of benzene rings is 1. The Kier molecular flexibility index (Phi) is 4.27. The standard InChI is InChI=1S/C13H18F2N2O/c1-16-4-6-17(7-5-16)13(9-18)10-2-3-11(14)12(15)8-10/h2-3,8,13,18H,4-7,9H2,1H3. The summed E-state index contributed by atoms with van der Waals surface area (Å²) in [5.74, 6) is -1.71. The Morgan fingerprint density at radius 1 is 1.17 bits per heavy atom. The number of aliphatic hydroxyl groups excluding tert-OH is 1. The van der Waals surface area contributed by atoms with Crippen LogP contribution in [0, 0.1) is 11.6 Å². The lowest BCUT2D eigenvalue weighted by Crippen LogP contribution is -2.46. The van der Waals surface area contributed by atoms with E-state index in [1.807, 2.05) is 7.05 Å². The fraction of sp³-hybridized carbons (Fsp3) is 0.538. The zero-order valence-corrected chi connectivity index (χ0v) is 10.4. The number of nitrogens with zero attached hydrogens (tertiary/aromatic N) is 2. The van der Waals surface area contributed by atoms with E-state index in [2.05, 4.69) is 9.80 Å². The molecule has 1 aromatic carbocycles. The quantitative estimate of drug-likeness (QED) is 0.881. The minimum atomic E-state index is -0.861. The number of aliphatic hydroxyl groups is 1. The third kappa shape index (κ3) is 2.85. The van der Waals surface area contributed by atoms with E-state index in [4.69, 9.17) is 0 Å². The van der Waals surface area contributed by atoms with Crippen LogP contribution in [-0.4, -0.2) is 54.7 Å². The molecule has 0 bridgehead atoms. The summed E-state index contributed by atoms with van der Waals surface area (Å²) in [6.07, 6.45) is 0. The van der Waals surface area contributed by atoms with E-state index >= 15 is 0 Å². The topological polar surface area (TPSA) is 26.7 Å². The van der Waals surface area contributed by atoms with Crippen LogP contribution < -0.4 is 0 Å². The van der Waals surface area contributed by atoms with E-state index in [1.54, 1.807) is 0 Å². The molecule has 0 spiro atoms. The maximum absolute atomic E-state index is 13.2. The van der Waals surface area contributed by atoms with Gasteiger partial charge in [0.25, 0.3) is 0 Å². The second kappa shape index (κ2) is 5.73. The van der Waals surface area contributed by atoms with E-state index in [-0.39, 0.29) is 12.6 Å². The summed E-state index contributed by atoms with van der Waals surface area (Å²) in [4.78, 5) is 4.31. The highest BCUT2D eigenvalue weighted by atomic mass is 19.2. The van der Waals surface area contributed by atoms with Crippen LogP contribution in [-0.2, 0) is 0 Å². The molecule has 1 aromatic rings. The molecule has 0 amide bonds. The zero-order valence-electron chi connectivity index (χ0n) is 10.4. The average molecular weight is 256 g/mol. The Bertz CT molecular complexity index is 406.